The Hall–Kier alpha value is -2.06. The fourth-order valence-corrected chi connectivity index (χ4v) is 3.19. The maximum absolute atomic E-state index is 13.1. The fourth-order valence-electron chi connectivity index (χ4n) is 1.67. The molecule has 0 aliphatic carbocycles. The summed E-state index contributed by atoms with van der Waals surface area (Å²) in [5.74, 6) is -2.22. The number of thiocarbonyl (C=S) groups is 1. The zero-order valence-electron chi connectivity index (χ0n) is 10.5. The largest absolute Gasteiger partial charge is 0.389 e. The molecule has 0 aliphatic heterocycles. The first-order chi connectivity index (χ1) is 9.81. The van der Waals surface area contributed by atoms with Crippen molar-refractivity contribution in [3.8, 4) is 0 Å². The topological polar surface area (TPSA) is 72.2 Å². The van der Waals surface area contributed by atoms with E-state index in [0.717, 1.165) is 18.2 Å². The Balaban J connectivity index is 2.43. The summed E-state index contributed by atoms with van der Waals surface area (Å²) >= 11 is 4.80. The summed E-state index contributed by atoms with van der Waals surface area (Å²) in [4.78, 5) is -0.219. The number of hydrogen-bond donors (Lipinski definition) is 2. The maximum Gasteiger partial charge on any atom is 0.262 e. The van der Waals surface area contributed by atoms with Crippen LogP contribution < -0.4 is 10.5 Å². The van der Waals surface area contributed by atoms with Gasteiger partial charge in [-0.25, -0.2) is 17.2 Å². The Kier molecular flexibility index (Phi) is 4.19. The van der Waals surface area contributed by atoms with Gasteiger partial charge in [0.25, 0.3) is 10.0 Å². The molecule has 3 N–H and O–H groups in total. The molecule has 0 aliphatic rings. The van der Waals surface area contributed by atoms with Gasteiger partial charge in [-0.1, -0.05) is 30.4 Å². The molecule has 0 spiro atoms. The third-order valence-electron chi connectivity index (χ3n) is 2.61. The lowest BCUT2D eigenvalue weighted by Crippen LogP contribution is -2.19. The Morgan fingerprint density at radius 3 is 2.38 bits per heavy atom. The molecular weight excluding hydrogens is 318 g/mol. The van der Waals surface area contributed by atoms with Crippen molar-refractivity contribution in [3.05, 3.63) is 59.7 Å². The molecule has 8 heteroatoms. The highest BCUT2D eigenvalue weighted by molar-refractivity contribution is 7.93. The van der Waals surface area contributed by atoms with E-state index < -0.39 is 21.7 Å². The molecule has 0 radical (unpaired) electrons. The fraction of sp³-hybridized carbons (Fsp3) is 0. The molecule has 0 saturated heterocycles. The van der Waals surface area contributed by atoms with E-state index in [0.29, 0.717) is 0 Å². The first-order valence-corrected chi connectivity index (χ1v) is 7.57. The minimum Gasteiger partial charge on any atom is -0.389 e. The van der Waals surface area contributed by atoms with Crippen LogP contribution in [-0.2, 0) is 10.0 Å². The van der Waals surface area contributed by atoms with Gasteiger partial charge in [0.15, 0.2) is 11.6 Å². The SMILES string of the molecule is NC(=S)c1ccccc1S(=O)(=O)Nc1ccc(F)c(F)c1. The molecule has 2 rings (SSSR count). The summed E-state index contributed by atoms with van der Waals surface area (Å²) < 4.78 is 52.7. The van der Waals surface area contributed by atoms with Gasteiger partial charge in [0.2, 0.25) is 0 Å². The van der Waals surface area contributed by atoms with Crippen molar-refractivity contribution in [2.24, 2.45) is 5.73 Å². The van der Waals surface area contributed by atoms with Crippen LogP contribution in [0.2, 0.25) is 0 Å². The minimum absolute atomic E-state index is 0.0822. The summed E-state index contributed by atoms with van der Waals surface area (Å²) in [5, 5.41) is 0. The minimum atomic E-state index is -4.03. The van der Waals surface area contributed by atoms with Crippen molar-refractivity contribution in [1.29, 1.82) is 0 Å². The zero-order chi connectivity index (χ0) is 15.6. The lowest BCUT2D eigenvalue weighted by Gasteiger charge is -2.11. The monoisotopic (exact) mass is 328 g/mol. The lowest BCUT2D eigenvalue weighted by molar-refractivity contribution is 0.509. The number of hydrogen-bond acceptors (Lipinski definition) is 3. The highest BCUT2D eigenvalue weighted by Crippen LogP contribution is 2.21. The van der Waals surface area contributed by atoms with E-state index in [2.05, 4.69) is 4.72 Å². The van der Waals surface area contributed by atoms with Gasteiger partial charge >= 0.3 is 0 Å². The molecule has 0 atom stereocenters. The molecule has 0 aromatic heterocycles. The number of nitrogens with two attached hydrogens (primary N) is 1. The van der Waals surface area contributed by atoms with Gasteiger partial charge in [0.05, 0.1) is 10.6 Å². The second kappa shape index (κ2) is 5.74. The second-order valence-corrected chi connectivity index (χ2v) is 6.19. The number of anilines is 1. The second-order valence-electron chi connectivity index (χ2n) is 4.09. The van der Waals surface area contributed by atoms with E-state index in [1.807, 2.05) is 0 Å². The summed E-state index contributed by atoms with van der Waals surface area (Å²) in [6.45, 7) is 0. The molecule has 21 heavy (non-hydrogen) atoms. The van der Waals surface area contributed by atoms with Crippen molar-refractivity contribution in [1.82, 2.24) is 0 Å². The van der Waals surface area contributed by atoms with Gasteiger partial charge in [-0.15, -0.1) is 0 Å². The summed E-state index contributed by atoms with van der Waals surface area (Å²) in [7, 11) is -4.03. The van der Waals surface area contributed by atoms with Crippen molar-refractivity contribution in [2.45, 2.75) is 4.90 Å². The van der Waals surface area contributed by atoms with Gasteiger partial charge < -0.3 is 5.73 Å². The Bertz CT molecular complexity index is 808. The molecule has 0 heterocycles. The van der Waals surface area contributed by atoms with Crippen LogP contribution in [0.3, 0.4) is 0 Å². The van der Waals surface area contributed by atoms with E-state index in [1.165, 1.54) is 18.2 Å². The van der Waals surface area contributed by atoms with E-state index in [1.54, 1.807) is 6.07 Å². The van der Waals surface area contributed by atoms with Crippen LogP contribution in [0.25, 0.3) is 0 Å². The Labute approximate surface area is 125 Å². The molecule has 0 amide bonds. The van der Waals surface area contributed by atoms with Gasteiger partial charge in [-0.05, 0) is 18.2 Å². The quantitative estimate of drug-likeness (QED) is 0.846. The number of benzene rings is 2. The predicted molar refractivity (Wildman–Crippen MR) is 79.5 cm³/mol. The molecule has 0 fully saturated rings. The van der Waals surface area contributed by atoms with Gasteiger partial charge in [0, 0.05) is 11.6 Å². The molecule has 0 bridgehead atoms. The summed E-state index contributed by atoms with van der Waals surface area (Å²) in [6, 6.07) is 8.55. The molecule has 110 valence electrons. The van der Waals surface area contributed by atoms with Crippen LogP contribution in [0, 0.1) is 11.6 Å². The highest BCUT2D eigenvalue weighted by Gasteiger charge is 2.20. The molecule has 4 nitrogen and oxygen atoms in total. The van der Waals surface area contributed by atoms with Crippen molar-refractivity contribution >= 4 is 32.9 Å². The first kappa shape index (κ1) is 15.3. The summed E-state index contributed by atoms with van der Waals surface area (Å²) in [6.07, 6.45) is 0. The van der Waals surface area contributed by atoms with Crippen molar-refractivity contribution in [3.63, 3.8) is 0 Å². The number of rotatable bonds is 4. The van der Waals surface area contributed by atoms with E-state index in [9.17, 15) is 17.2 Å². The average Bonchev–Trinajstić information content (AvgIpc) is 2.42. The van der Waals surface area contributed by atoms with Gasteiger partial charge in [-0.3, -0.25) is 4.72 Å². The number of sulfonamides is 1. The maximum atomic E-state index is 13.1. The van der Waals surface area contributed by atoms with Crippen LogP contribution in [-0.4, -0.2) is 13.4 Å². The predicted octanol–water partition coefficient (Wildman–Crippen LogP) is 2.40. The summed E-state index contributed by atoms with van der Waals surface area (Å²) in [5.41, 5.74) is 5.54. The van der Waals surface area contributed by atoms with Crippen LogP contribution in [0.1, 0.15) is 5.56 Å². The normalized spacial score (nSPS) is 11.1. The lowest BCUT2D eigenvalue weighted by atomic mass is 10.2. The van der Waals surface area contributed by atoms with E-state index in [4.69, 9.17) is 18.0 Å². The Morgan fingerprint density at radius 1 is 1.10 bits per heavy atom. The first-order valence-electron chi connectivity index (χ1n) is 5.68. The van der Waals surface area contributed by atoms with Gasteiger partial charge in [0.1, 0.15) is 4.99 Å². The highest BCUT2D eigenvalue weighted by atomic mass is 32.2. The molecule has 0 unspecified atom stereocenters. The molecule has 0 saturated carbocycles. The molecular formula is C13H10F2N2O2S2. The smallest absolute Gasteiger partial charge is 0.262 e. The third kappa shape index (κ3) is 3.34. The number of nitrogens with one attached hydrogen (secondary N) is 1. The number of halogens is 2. The van der Waals surface area contributed by atoms with Crippen molar-refractivity contribution < 1.29 is 17.2 Å². The van der Waals surface area contributed by atoms with Crippen molar-refractivity contribution in [2.75, 3.05) is 4.72 Å². The zero-order valence-corrected chi connectivity index (χ0v) is 12.1. The van der Waals surface area contributed by atoms with E-state index in [-0.39, 0.29) is 21.1 Å². The molecule has 2 aromatic rings. The average molecular weight is 328 g/mol. The van der Waals surface area contributed by atoms with Gasteiger partial charge in [-0.2, -0.15) is 0 Å². The standard InChI is InChI=1S/C13H10F2N2O2S2/c14-10-6-5-8(7-11(10)15)17-21(18,19)12-4-2-1-3-9(12)13(16)20/h1-7,17H,(H2,16,20). The molecule has 2 aromatic carbocycles. The van der Waals surface area contributed by atoms with E-state index >= 15 is 0 Å². The van der Waals surface area contributed by atoms with Crippen LogP contribution >= 0.6 is 12.2 Å². The Morgan fingerprint density at radius 2 is 1.76 bits per heavy atom. The van der Waals surface area contributed by atoms with Crippen LogP contribution in [0.4, 0.5) is 14.5 Å². The van der Waals surface area contributed by atoms with Crippen LogP contribution in [0.15, 0.2) is 47.4 Å². The third-order valence-corrected chi connectivity index (χ3v) is 4.27. The van der Waals surface area contributed by atoms with Crippen LogP contribution in [0.5, 0.6) is 0 Å².